The molecule has 2 amide bonds. The third-order valence-corrected chi connectivity index (χ3v) is 6.91. The molecule has 42 heavy (non-hydrogen) atoms. The van der Waals surface area contributed by atoms with Crippen molar-refractivity contribution in [1.29, 1.82) is 0 Å². The quantitative estimate of drug-likeness (QED) is 0.222. The number of hydrogen-bond donors (Lipinski definition) is 3. The van der Waals surface area contributed by atoms with E-state index >= 15 is 0 Å². The minimum atomic E-state index is -0.871. The average molecular weight is 571 g/mol. The number of aryl methyl sites for hydroxylation is 1. The summed E-state index contributed by atoms with van der Waals surface area (Å²) in [5, 5.41) is 21.3. The normalized spacial score (nSPS) is 12.6. The first-order valence-corrected chi connectivity index (χ1v) is 14.0. The Labute approximate surface area is 246 Å². The van der Waals surface area contributed by atoms with Crippen LogP contribution in [0.4, 0.5) is 0 Å². The predicted molar refractivity (Wildman–Crippen MR) is 159 cm³/mol. The summed E-state index contributed by atoms with van der Waals surface area (Å²) < 4.78 is 4.98. The summed E-state index contributed by atoms with van der Waals surface area (Å²) in [6, 6.07) is 17.7. The van der Waals surface area contributed by atoms with Crippen LogP contribution in [-0.2, 0) is 19.5 Å². The molecule has 0 unspecified atom stereocenters. The van der Waals surface area contributed by atoms with E-state index in [1.54, 1.807) is 38.2 Å². The van der Waals surface area contributed by atoms with Gasteiger partial charge in [0.1, 0.15) is 0 Å². The van der Waals surface area contributed by atoms with Crippen molar-refractivity contribution in [2.24, 2.45) is 0 Å². The molecule has 2 aromatic carbocycles. The smallest absolute Gasteiger partial charge is 0.254 e. The lowest BCUT2D eigenvalue weighted by atomic mass is 10.00. The molecule has 4 aromatic rings. The predicted octanol–water partition coefficient (Wildman–Crippen LogP) is 3.66. The van der Waals surface area contributed by atoms with Gasteiger partial charge in [-0.3, -0.25) is 14.6 Å². The molecule has 0 bridgehead atoms. The fourth-order valence-electron chi connectivity index (χ4n) is 4.53. The Morgan fingerprint density at radius 1 is 1.00 bits per heavy atom. The Morgan fingerprint density at radius 3 is 2.48 bits per heavy atom. The van der Waals surface area contributed by atoms with Gasteiger partial charge in [0.25, 0.3) is 11.8 Å². The molecule has 2 aromatic heterocycles. The molecule has 0 saturated heterocycles. The molecule has 0 aliphatic rings. The van der Waals surface area contributed by atoms with E-state index < -0.39 is 12.1 Å². The number of hydrogen-bond acceptors (Lipinski definition) is 8. The van der Waals surface area contributed by atoms with E-state index in [2.05, 4.69) is 45.7 Å². The zero-order valence-corrected chi connectivity index (χ0v) is 24.4. The highest BCUT2D eigenvalue weighted by atomic mass is 16.5. The molecule has 10 heteroatoms. The molecule has 0 saturated carbocycles. The number of carbonyl (C=O) groups is 2. The number of aromatic nitrogens is 3. The third-order valence-electron chi connectivity index (χ3n) is 6.91. The van der Waals surface area contributed by atoms with Crippen molar-refractivity contribution in [3.63, 3.8) is 0 Å². The monoisotopic (exact) mass is 570 g/mol. The Hall–Kier alpha value is -4.41. The first-order chi connectivity index (χ1) is 20.2. The summed E-state index contributed by atoms with van der Waals surface area (Å²) in [7, 11) is 1.63. The molecule has 220 valence electrons. The summed E-state index contributed by atoms with van der Waals surface area (Å²) in [4.78, 5) is 36.3. The van der Waals surface area contributed by atoms with Crippen molar-refractivity contribution in [3.8, 4) is 0 Å². The van der Waals surface area contributed by atoms with E-state index in [1.807, 2.05) is 42.7 Å². The second-order valence-corrected chi connectivity index (χ2v) is 10.7. The zero-order chi connectivity index (χ0) is 30.1. The first kappa shape index (κ1) is 30.5. The van der Waals surface area contributed by atoms with Gasteiger partial charge in [0.05, 0.1) is 18.7 Å². The van der Waals surface area contributed by atoms with Crippen molar-refractivity contribution < 1.29 is 19.2 Å². The van der Waals surface area contributed by atoms with Crippen molar-refractivity contribution in [2.75, 3.05) is 13.6 Å². The van der Waals surface area contributed by atoms with Crippen molar-refractivity contribution in [3.05, 3.63) is 113 Å². The number of rotatable bonds is 13. The van der Waals surface area contributed by atoms with Crippen molar-refractivity contribution in [1.82, 2.24) is 30.7 Å². The van der Waals surface area contributed by atoms with Crippen molar-refractivity contribution in [2.45, 2.75) is 58.3 Å². The van der Waals surface area contributed by atoms with E-state index in [4.69, 9.17) is 4.52 Å². The van der Waals surface area contributed by atoms with Crippen LogP contribution < -0.4 is 10.6 Å². The molecule has 3 N–H and O–H groups in total. The van der Waals surface area contributed by atoms with Gasteiger partial charge >= 0.3 is 0 Å². The third kappa shape index (κ3) is 8.55. The van der Waals surface area contributed by atoms with Crippen LogP contribution in [0.5, 0.6) is 0 Å². The van der Waals surface area contributed by atoms with Gasteiger partial charge in [0, 0.05) is 50.6 Å². The van der Waals surface area contributed by atoms with E-state index in [0.29, 0.717) is 41.7 Å². The maximum atomic E-state index is 13.4. The molecular formula is C32H38N6O4. The molecule has 4 rings (SSSR count). The molecule has 10 nitrogen and oxygen atoms in total. The lowest BCUT2D eigenvalue weighted by Crippen LogP contribution is -2.48. The van der Waals surface area contributed by atoms with Gasteiger partial charge in [-0.25, -0.2) is 0 Å². The van der Waals surface area contributed by atoms with E-state index in [9.17, 15) is 14.7 Å². The summed E-state index contributed by atoms with van der Waals surface area (Å²) in [5.41, 5.74) is 3.83. The Morgan fingerprint density at radius 2 is 1.76 bits per heavy atom. The topological polar surface area (TPSA) is 133 Å². The number of carbonyl (C=O) groups excluding carboxylic acids is 2. The van der Waals surface area contributed by atoms with Crippen molar-refractivity contribution >= 4 is 11.8 Å². The number of nitrogens with zero attached hydrogens (tertiary/aromatic N) is 4. The highest BCUT2D eigenvalue weighted by Crippen LogP contribution is 2.15. The number of pyridine rings is 1. The Bertz CT molecular complexity index is 1470. The van der Waals surface area contributed by atoms with Gasteiger partial charge in [-0.05, 0) is 47.2 Å². The van der Waals surface area contributed by atoms with Crippen LogP contribution in [0.1, 0.15) is 68.9 Å². The van der Waals surface area contributed by atoms with Crippen LogP contribution in [0.3, 0.4) is 0 Å². The largest absolute Gasteiger partial charge is 0.390 e. The average Bonchev–Trinajstić information content (AvgIpc) is 3.41. The summed E-state index contributed by atoms with van der Waals surface area (Å²) in [6.45, 7) is 6.90. The van der Waals surface area contributed by atoms with E-state index in [1.165, 1.54) is 4.90 Å². The van der Waals surface area contributed by atoms with Gasteiger partial charge in [-0.2, -0.15) is 4.98 Å². The second-order valence-electron chi connectivity index (χ2n) is 10.7. The van der Waals surface area contributed by atoms with Gasteiger partial charge in [-0.15, -0.1) is 0 Å². The van der Waals surface area contributed by atoms with Gasteiger partial charge in [-0.1, -0.05) is 61.5 Å². The number of nitrogens with one attached hydrogen (secondary N) is 2. The summed E-state index contributed by atoms with van der Waals surface area (Å²) >= 11 is 0. The fraction of sp³-hybridized carbons (Fsp3) is 0.344. The highest BCUT2D eigenvalue weighted by molar-refractivity contribution is 5.99. The van der Waals surface area contributed by atoms with Crippen LogP contribution in [0.15, 0.2) is 77.6 Å². The molecule has 0 spiro atoms. The number of benzene rings is 2. The standard InChI is InChI=1S/C32H38N6O4/c1-21(2)27-13-24(16-33-18-27)17-34-19-29(39)28(14-23-9-6-5-7-10-23)36-31(40)25-11-8-12-26(15-25)32(41)38(4)20-30-35-22(3)42-37-30/h5-13,15-16,18,21,28-29,34,39H,14,17,19-20H2,1-4H3,(H,36,40)/t28-,29+/m0/s1. The number of aliphatic hydroxyl groups is 1. The van der Waals surface area contributed by atoms with Gasteiger partial charge in [0.15, 0.2) is 5.82 Å². The molecule has 0 aliphatic heterocycles. The molecule has 2 atom stereocenters. The zero-order valence-electron chi connectivity index (χ0n) is 24.4. The minimum absolute atomic E-state index is 0.169. The van der Waals surface area contributed by atoms with Crippen LogP contribution in [-0.4, -0.2) is 62.7 Å². The number of amides is 2. The van der Waals surface area contributed by atoms with Crippen LogP contribution >= 0.6 is 0 Å². The molecule has 2 heterocycles. The van der Waals surface area contributed by atoms with Gasteiger partial charge < -0.3 is 25.2 Å². The Kier molecular flexibility index (Phi) is 10.5. The Balaban J connectivity index is 1.42. The first-order valence-electron chi connectivity index (χ1n) is 14.0. The minimum Gasteiger partial charge on any atom is -0.390 e. The van der Waals surface area contributed by atoms with E-state index in [0.717, 1.165) is 16.7 Å². The molecule has 0 radical (unpaired) electrons. The van der Waals surface area contributed by atoms with Gasteiger partial charge in [0.2, 0.25) is 5.89 Å². The summed E-state index contributed by atoms with van der Waals surface area (Å²) in [6.07, 6.45) is 3.24. The maximum Gasteiger partial charge on any atom is 0.254 e. The number of aliphatic hydroxyl groups excluding tert-OH is 1. The SMILES string of the molecule is Cc1nc(CN(C)C(=O)c2cccc(C(=O)N[C@@H](Cc3ccccc3)[C@H](O)CNCc3cncc(C(C)C)c3)c2)no1. The van der Waals surface area contributed by atoms with E-state index in [-0.39, 0.29) is 24.9 Å². The highest BCUT2D eigenvalue weighted by Gasteiger charge is 2.23. The lowest BCUT2D eigenvalue weighted by Gasteiger charge is -2.25. The van der Waals surface area contributed by atoms with Crippen LogP contribution in [0.25, 0.3) is 0 Å². The second kappa shape index (κ2) is 14.5. The summed E-state index contributed by atoms with van der Waals surface area (Å²) in [5.74, 6) is 0.525. The lowest BCUT2D eigenvalue weighted by molar-refractivity contribution is 0.0780. The maximum absolute atomic E-state index is 13.4. The fourth-order valence-corrected chi connectivity index (χ4v) is 4.53. The molecule has 0 aliphatic carbocycles. The van der Waals surface area contributed by atoms with Crippen LogP contribution in [0.2, 0.25) is 0 Å². The molecule has 0 fully saturated rings. The van der Waals surface area contributed by atoms with Crippen LogP contribution in [0, 0.1) is 6.92 Å². The molecular weight excluding hydrogens is 532 g/mol.